The molecule has 1 N–H and O–H groups in total. The van der Waals surface area contributed by atoms with Crippen LogP contribution >= 0.6 is 0 Å². The number of carbonyl (C=O) groups is 2. The highest BCUT2D eigenvalue weighted by molar-refractivity contribution is 7.90. The van der Waals surface area contributed by atoms with Crippen LogP contribution in [0.5, 0.6) is 0 Å². The largest absolute Gasteiger partial charge is 0.569 e. The maximum atomic E-state index is 13.5. The summed E-state index contributed by atoms with van der Waals surface area (Å²) in [5, 5.41) is 20.2. The van der Waals surface area contributed by atoms with E-state index in [-0.39, 0.29) is 40.8 Å². The maximum Gasteiger partial charge on any atom is 0.511 e. The molecule has 2 unspecified atom stereocenters. The molecule has 236 valence electrons. The summed E-state index contributed by atoms with van der Waals surface area (Å²) in [6.45, 7) is 2.97. The fourth-order valence-electron chi connectivity index (χ4n) is 4.16. The Labute approximate surface area is 249 Å². The first-order valence-electron chi connectivity index (χ1n) is 12.9. The number of halogens is 3. The average Bonchev–Trinajstić information content (AvgIpc) is 3.65. The molecule has 44 heavy (non-hydrogen) atoms. The van der Waals surface area contributed by atoms with Crippen molar-refractivity contribution in [3.05, 3.63) is 71.1 Å². The van der Waals surface area contributed by atoms with Crippen molar-refractivity contribution < 1.29 is 50.5 Å². The second kappa shape index (κ2) is 12.8. The van der Waals surface area contributed by atoms with Crippen LogP contribution in [0.15, 0.2) is 64.8 Å². The summed E-state index contributed by atoms with van der Waals surface area (Å²) in [6.07, 6.45) is -6.89. The molecule has 1 aliphatic rings. The fraction of sp³-hybridized carbons (Fsp3) is 0.346. The van der Waals surface area contributed by atoms with E-state index in [9.17, 15) is 36.4 Å². The number of aryl methyl sites for hydroxylation is 1. The van der Waals surface area contributed by atoms with Gasteiger partial charge in [0.05, 0.1) is 47.4 Å². The summed E-state index contributed by atoms with van der Waals surface area (Å²) in [4.78, 5) is 28.2. The topological polar surface area (TPSA) is 167 Å². The van der Waals surface area contributed by atoms with Gasteiger partial charge in [-0.15, -0.1) is 5.01 Å². The highest BCUT2D eigenvalue weighted by Gasteiger charge is 2.36. The molecule has 0 saturated carbocycles. The normalized spacial score (nSPS) is 16.4. The molecule has 2 heterocycles. The van der Waals surface area contributed by atoms with Gasteiger partial charge in [-0.2, -0.15) is 18.3 Å². The lowest BCUT2D eigenvalue weighted by Gasteiger charge is -2.14. The lowest BCUT2D eigenvalue weighted by molar-refractivity contribution is -0.709. The molecule has 2 atom stereocenters. The molecular weight excluding hydrogens is 613 g/mol. The predicted octanol–water partition coefficient (Wildman–Crippen LogP) is 3.93. The number of nitrogens with zero attached hydrogens (tertiary/aromatic N) is 5. The van der Waals surface area contributed by atoms with Crippen LogP contribution in [-0.2, 0) is 35.3 Å². The van der Waals surface area contributed by atoms with Crippen molar-refractivity contribution in [3.63, 3.8) is 0 Å². The molecule has 14 nitrogen and oxygen atoms in total. The van der Waals surface area contributed by atoms with Crippen LogP contribution in [0.1, 0.15) is 24.6 Å². The third-order valence-electron chi connectivity index (χ3n) is 6.45. The first-order valence-corrected chi connectivity index (χ1v) is 14.4. The zero-order valence-electron chi connectivity index (χ0n) is 23.5. The van der Waals surface area contributed by atoms with Crippen molar-refractivity contribution in [1.29, 1.82) is 0 Å². The van der Waals surface area contributed by atoms with E-state index in [2.05, 4.69) is 19.8 Å². The monoisotopic (exact) mass is 640 g/mol. The molecule has 4 rings (SSSR count). The number of carbonyl (C=O) groups excluding carboxylic acids is 2. The Hall–Kier alpha value is -4.87. The molecule has 1 fully saturated rings. The number of aromatic nitrogens is 2. The minimum Gasteiger partial charge on any atom is -0.569 e. The molecule has 0 aliphatic carbocycles. The van der Waals surface area contributed by atoms with Crippen LogP contribution in [0.2, 0.25) is 0 Å². The van der Waals surface area contributed by atoms with Gasteiger partial charge in [-0.1, -0.05) is 29.8 Å². The number of methoxy groups -OCH3 is 1. The second-order valence-electron chi connectivity index (χ2n) is 9.63. The van der Waals surface area contributed by atoms with Gasteiger partial charge in [-0.05, 0) is 43.7 Å². The predicted molar refractivity (Wildman–Crippen MR) is 144 cm³/mol. The Balaban J connectivity index is 1.44. The van der Waals surface area contributed by atoms with Crippen molar-refractivity contribution in [2.24, 2.45) is 11.2 Å². The Bertz CT molecular complexity index is 1640. The summed E-state index contributed by atoms with van der Waals surface area (Å²) < 4.78 is 78.2. The number of alkyl halides is 3. The zero-order valence-corrected chi connectivity index (χ0v) is 24.3. The van der Waals surface area contributed by atoms with Gasteiger partial charge in [0.2, 0.25) is 11.2 Å². The Morgan fingerprint density at radius 2 is 1.82 bits per heavy atom. The standard InChI is InChI=1S/C26H27F3N6O8S/c1-16-4-6-18(7-5-16)22-14-23(26(27,28)29)30-34(22)20-8-10-21(11-9-20)44(39,40)31-24(36)19-12-13-33(15-19)35(38)32-43-17(2)42-25(37)41-3/h4-11,14,17,19H,12-13,15H2,1-3H3,(H,31,36)/b35-32-. The van der Waals surface area contributed by atoms with Crippen molar-refractivity contribution in [2.75, 3.05) is 20.2 Å². The van der Waals surface area contributed by atoms with Crippen LogP contribution in [0.3, 0.4) is 0 Å². The van der Waals surface area contributed by atoms with E-state index < -0.39 is 46.2 Å². The van der Waals surface area contributed by atoms with Crippen molar-refractivity contribution >= 4 is 22.1 Å². The number of hydrazine groups is 1. The van der Waals surface area contributed by atoms with Crippen molar-refractivity contribution in [2.45, 2.75) is 37.6 Å². The van der Waals surface area contributed by atoms with Crippen molar-refractivity contribution in [1.82, 2.24) is 19.5 Å². The second-order valence-corrected chi connectivity index (χ2v) is 11.3. The van der Waals surface area contributed by atoms with Crippen LogP contribution in [0.4, 0.5) is 18.0 Å². The van der Waals surface area contributed by atoms with E-state index in [0.717, 1.165) is 40.6 Å². The first kappa shape index (κ1) is 32.1. The van der Waals surface area contributed by atoms with Crippen molar-refractivity contribution in [3.8, 4) is 16.9 Å². The lowest BCUT2D eigenvalue weighted by Crippen LogP contribution is -2.37. The van der Waals surface area contributed by atoms with Crippen LogP contribution in [0.25, 0.3) is 16.9 Å². The summed E-state index contributed by atoms with van der Waals surface area (Å²) in [7, 11) is -3.30. The van der Waals surface area contributed by atoms with Gasteiger partial charge in [-0.3, -0.25) is 9.63 Å². The molecule has 1 aromatic heterocycles. The molecule has 1 saturated heterocycles. The van der Waals surface area contributed by atoms with E-state index in [0.29, 0.717) is 5.56 Å². The Morgan fingerprint density at radius 1 is 1.16 bits per heavy atom. The van der Waals surface area contributed by atoms with Gasteiger partial charge in [0.25, 0.3) is 16.3 Å². The Kier molecular flexibility index (Phi) is 9.31. The molecule has 1 aliphatic heterocycles. The highest BCUT2D eigenvalue weighted by atomic mass is 32.2. The number of hydrogen-bond acceptors (Lipinski definition) is 10. The quantitative estimate of drug-likeness (QED) is 0.119. The Morgan fingerprint density at radius 3 is 2.43 bits per heavy atom. The minimum absolute atomic E-state index is 0.0436. The number of benzene rings is 2. The molecule has 18 heteroatoms. The molecule has 0 bridgehead atoms. The summed E-state index contributed by atoms with van der Waals surface area (Å²) >= 11 is 0. The van der Waals surface area contributed by atoms with E-state index in [1.54, 1.807) is 24.3 Å². The number of rotatable bonds is 9. The molecule has 0 spiro atoms. The summed E-state index contributed by atoms with van der Waals surface area (Å²) in [5.74, 6) is -1.78. The van der Waals surface area contributed by atoms with Gasteiger partial charge in [0.1, 0.15) is 0 Å². The fourth-order valence-corrected chi connectivity index (χ4v) is 5.21. The number of amides is 1. The van der Waals surface area contributed by atoms with Gasteiger partial charge in [-0.25, -0.2) is 22.6 Å². The molecule has 3 aromatic rings. The summed E-state index contributed by atoms with van der Waals surface area (Å²) in [5.41, 5.74) is 0.544. The molecular formula is C26H27F3N6O8S. The van der Waals surface area contributed by atoms with Crippen LogP contribution in [0, 0.1) is 18.0 Å². The zero-order chi connectivity index (χ0) is 32.2. The van der Waals surface area contributed by atoms with Gasteiger partial charge >= 0.3 is 12.3 Å². The van der Waals surface area contributed by atoms with Gasteiger partial charge in [0.15, 0.2) is 5.69 Å². The highest BCUT2D eigenvalue weighted by Crippen LogP contribution is 2.33. The molecule has 1 amide bonds. The van der Waals surface area contributed by atoms with E-state index in [4.69, 9.17) is 4.84 Å². The molecule has 2 aromatic carbocycles. The third-order valence-corrected chi connectivity index (χ3v) is 7.81. The van der Waals surface area contributed by atoms with Gasteiger partial charge < -0.3 is 14.7 Å². The third kappa shape index (κ3) is 7.55. The van der Waals surface area contributed by atoms with Crippen LogP contribution < -0.4 is 4.72 Å². The maximum absolute atomic E-state index is 13.5. The number of hydrogen-bond donors (Lipinski definition) is 1. The first-order chi connectivity index (χ1) is 20.7. The number of ether oxygens (including phenoxy) is 2. The SMILES string of the molecule is COC(=O)OC(C)O/N=[N+](\[O-])N1CCC(C(=O)NS(=O)(=O)c2ccc(-n3nc(C(F)(F)F)cc3-c3ccc(C)cc3)cc2)C1. The number of nitrogens with one attached hydrogen (secondary N) is 1. The van der Waals surface area contributed by atoms with E-state index in [1.165, 1.54) is 19.1 Å². The smallest absolute Gasteiger partial charge is 0.511 e. The van der Waals surface area contributed by atoms with E-state index in [1.807, 2.05) is 11.6 Å². The summed E-state index contributed by atoms with van der Waals surface area (Å²) in [6, 6.07) is 12.5. The average molecular weight is 641 g/mol. The lowest BCUT2D eigenvalue weighted by atomic mass is 10.1. The van der Waals surface area contributed by atoms with Crippen LogP contribution in [-0.4, -0.2) is 66.7 Å². The minimum atomic E-state index is -4.71. The van der Waals surface area contributed by atoms with Gasteiger partial charge in [0, 0.05) is 12.5 Å². The molecule has 0 radical (unpaired) electrons. The van der Waals surface area contributed by atoms with E-state index >= 15 is 0 Å². The number of sulfonamides is 1.